The molecule has 10 heteroatoms. The minimum Gasteiger partial charge on any atom is -0.365 e. The highest BCUT2D eigenvalue weighted by atomic mass is 19.1. The summed E-state index contributed by atoms with van der Waals surface area (Å²) in [7, 11) is 0. The lowest BCUT2D eigenvalue weighted by Crippen LogP contribution is -2.50. The van der Waals surface area contributed by atoms with Crippen LogP contribution in [0.15, 0.2) is 48.8 Å². The maximum absolute atomic E-state index is 13.5. The van der Waals surface area contributed by atoms with Gasteiger partial charge in [-0.25, -0.2) is 8.78 Å². The van der Waals surface area contributed by atoms with E-state index in [1.165, 1.54) is 30.5 Å². The zero-order valence-electron chi connectivity index (χ0n) is 17.5. The third kappa shape index (κ3) is 4.61. The van der Waals surface area contributed by atoms with Crippen LogP contribution in [0.25, 0.3) is 0 Å². The largest absolute Gasteiger partial charge is 0.365 e. The van der Waals surface area contributed by atoms with E-state index in [4.69, 9.17) is 11.5 Å². The van der Waals surface area contributed by atoms with E-state index < -0.39 is 11.4 Å². The number of primary amides is 1. The Labute approximate surface area is 184 Å². The van der Waals surface area contributed by atoms with Crippen molar-refractivity contribution in [3.05, 3.63) is 71.7 Å². The van der Waals surface area contributed by atoms with Gasteiger partial charge in [0.25, 0.3) is 5.91 Å². The van der Waals surface area contributed by atoms with Crippen LogP contribution in [-0.4, -0.2) is 45.2 Å². The molecule has 0 spiro atoms. The Kier molecular flexibility index (Phi) is 6.15. The first-order valence-corrected chi connectivity index (χ1v) is 10.3. The van der Waals surface area contributed by atoms with Crippen molar-refractivity contribution in [3.8, 4) is 0 Å². The molecule has 2 aromatic heterocycles. The fraction of sp³-hybridized carbons (Fsp3) is 0.318. The smallest absolute Gasteiger partial charge is 0.254 e. The van der Waals surface area contributed by atoms with Gasteiger partial charge in [-0.05, 0) is 49.2 Å². The van der Waals surface area contributed by atoms with E-state index in [1.54, 1.807) is 23.0 Å². The molecule has 0 bridgehead atoms. The number of carbonyl (C=O) groups excluding carboxylic acids is 1. The van der Waals surface area contributed by atoms with Crippen LogP contribution in [0.3, 0.4) is 0 Å². The molecule has 5 N–H and O–H groups in total. The number of hydrogen-bond acceptors (Lipinski definition) is 6. The summed E-state index contributed by atoms with van der Waals surface area (Å²) in [5.41, 5.74) is 12.7. The maximum Gasteiger partial charge on any atom is 0.254 e. The number of rotatable bonds is 7. The highest BCUT2D eigenvalue weighted by Gasteiger charge is 2.37. The topological polar surface area (TPSA) is 115 Å². The van der Waals surface area contributed by atoms with Crippen LogP contribution in [-0.2, 0) is 12.1 Å². The Morgan fingerprint density at radius 2 is 1.84 bits per heavy atom. The molecule has 8 nitrogen and oxygen atoms in total. The monoisotopic (exact) mass is 441 g/mol. The van der Waals surface area contributed by atoms with E-state index in [0.717, 1.165) is 0 Å². The van der Waals surface area contributed by atoms with Gasteiger partial charge in [0, 0.05) is 44.3 Å². The highest BCUT2D eigenvalue weighted by molar-refractivity contribution is 5.98. The fourth-order valence-corrected chi connectivity index (χ4v) is 3.98. The van der Waals surface area contributed by atoms with Crippen molar-refractivity contribution < 1.29 is 13.6 Å². The van der Waals surface area contributed by atoms with Crippen molar-refractivity contribution in [2.24, 2.45) is 11.5 Å². The molecule has 0 atom stereocenters. The molecule has 0 aliphatic carbocycles. The van der Waals surface area contributed by atoms with Crippen molar-refractivity contribution in [1.29, 1.82) is 0 Å². The summed E-state index contributed by atoms with van der Waals surface area (Å²) in [5, 5.41) is 7.62. The van der Waals surface area contributed by atoms with Crippen molar-refractivity contribution in [1.82, 2.24) is 19.7 Å². The molecule has 0 saturated carbocycles. The Morgan fingerprint density at radius 1 is 1.12 bits per heavy atom. The number of pyridine rings is 1. The average Bonchev–Trinajstić information content (AvgIpc) is 3.21. The Bertz CT molecular complexity index is 1090. The lowest BCUT2D eigenvalue weighted by molar-refractivity contribution is 0.0980. The zero-order valence-corrected chi connectivity index (χ0v) is 17.5. The molecule has 32 heavy (non-hydrogen) atoms. The molecule has 1 aliphatic heterocycles. The molecular formula is C22H25F2N7O. The second-order valence-corrected chi connectivity index (χ2v) is 8.00. The van der Waals surface area contributed by atoms with Gasteiger partial charge in [-0.3, -0.25) is 19.4 Å². The van der Waals surface area contributed by atoms with Gasteiger partial charge in [0.2, 0.25) is 0 Å². The molecule has 0 radical (unpaired) electrons. The standard InChI is InChI=1S/C22H25F2N7O/c23-15-1-3-17(4-2-15)28-21-19(20(26)32)13-31(29-21)22(14-25)6-9-30(10-7-22)12-18-11-16(24)5-8-27-18/h1-5,8,11,13H,6-7,9-10,12,14,25H2,(H2,26,32)(H,28,29). The number of nitrogens with one attached hydrogen (secondary N) is 1. The Hall–Kier alpha value is -3.37. The summed E-state index contributed by atoms with van der Waals surface area (Å²) < 4.78 is 28.4. The lowest BCUT2D eigenvalue weighted by atomic mass is 9.87. The average molecular weight is 441 g/mol. The number of anilines is 2. The van der Waals surface area contributed by atoms with Crippen LogP contribution in [0, 0.1) is 11.6 Å². The molecule has 1 saturated heterocycles. The van der Waals surface area contributed by atoms with Crippen molar-refractivity contribution >= 4 is 17.4 Å². The lowest BCUT2D eigenvalue weighted by Gasteiger charge is -2.41. The van der Waals surface area contributed by atoms with E-state index in [-0.39, 0.29) is 17.2 Å². The summed E-state index contributed by atoms with van der Waals surface area (Å²) in [5.74, 6) is -0.996. The van der Waals surface area contributed by atoms with E-state index in [9.17, 15) is 13.6 Å². The van der Waals surface area contributed by atoms with Gasteiger partial charge in [0.15, 0.2) is 5.82 Å². The normalized spacial score (nSPS) is 16.1. The number of nitrogens with zero attached hydrogens (tertiary/aromatic N) is 4. The third-order valence-electron chi connectivity index (χ3n) is 5.90. The van der Waals surface area contributed by atoms with E-state index in [1.807, 2.05) is 0 Å². The first-order chi connectivity index (χ1) is 15.4. The molecule has 1 fully saturated rings. The summed E-state index contributed by atoms with van der Waals surface area (Å²) in [6.07, 6.45) is 4.46. The molecule has 4 rings (SSSR count). The van der Waals surface area contributed by atoms with E-state index in [0.29, 0.717) is 56.2 Å². The van der Waals surface area contributed by atoms with Crippen LogP contribution in [0.4, 0.5) is 20.3 Å². The van der Waals surface area contributed by atoms with Crippen LogP contribution >= 0.6 is 0 Å². The van der Waals surface area contributed by atoms with Gasteiger partial charge < -0.3 is 16.8 Å². The second kappa shape index (κ2) is 9.01. The fourth-order valence-electron chi connectivity index (χ4n) is 3.98. The minimum atomic E-state index is -0.623. The number of likely N-dealkylation sites (tertiary alicyclic amines) is 1. The molecule has 0 unspecified atom stereocenters. The molecule has 168 valence electrons. The zero-order chi connectivity index (χ0) is 22.7. The van der Waals surface area contributed by atoms with Crippen LogP contribution in [0.5, 0.6) is 0 Å². The number of benzene rings is 1. The second-order valence-electron chi connectivity index (χ2n) is 8.00. The number of halogens is 2. The number of amides is 1. The van der Waals surface area contributed by atoms with Gasteiger partial charge in [-0.15, -0.1) is 0 Å². The molecular weight excluding hydrogens is 416 g/mol. The Morgan fingerprint density at radius 3 is 2.47 bits per heavy atom. The molecule has 1 aliphatic rings. The highest BCUT2D eigenvalue weighted by Crippen LogP contribution is 2.32. The number of aromatic nitrogens is 3. The quantitative estimate of drug-likeness (QED) is 0.519. The minimum absolute atomic E-state index is 0.230. The van der Waals surface area contributed by atoms with Crippen molar-refractivity contribution in [3.63, 3.8) is 0 Å². The third-order valence-corrected chi connectivity index (χ3v) is 5.90. The van der Waals surface area contributed by atoms with Gasteiger partial charge in [-0.2, -0.15) is 5.10 Å². The predicted molar refractivity (Wildman–Crippen MR) is 116 cm³/mol. The van der Waals surface area contributed by atoms with Gasteiger partial charge in [0.05, 0.1) is 11.2 Å². The maximum atomic E-state index is 13.5. The molecule has 1 aromatic carbocycles. The van der Waals surface area contributed by atoms with Crippen LogP contribution in [0.1, 0.15) is 28.9 Å². The summed E-state index contributed by atoms with van der Waals surface area (Å²) in [6.45, 7) is 2.29. The van der Waals surface area contributed by atoms with Gasteiger partial charge >= 0.3 is 0 Å². The summed E-state index contributed by atoms with van der Waals surface area (Å²) in [6, 6.07) is 8.49. The summed E-state index contributed by atoms with van der Waals surface area (Å²) in [4.78, 5) is 18.4. The first kappa shape index (κ1) is 21.8. The first-order valence-electron chi connectivity index (χ1n) is 10.3. The predicted octanol–water partition coefficient (Wildman–Crippen LogP) is 2.35. The summed E-state index contributed by atoms with van der Waals surface area (Å²) >= 11 is 0. The molecule has 3 aromatic rings. The van der Waals surface area contributed by atoms with Gasteiger partial charge in [-0.1, -0.05) is 0 Å². The van der Waals surface area contributed by atoms with Crippen molar-refractivity contribution in [2.45, 2.75) is 24.9 Å². The van der Waals surface area contributed by atoms with E-state index in [2.05, 4.69) is 20.3 Å². The van der Waals surface area contributed by atoms with Crippen LogP contribution in [0.2, 0.25) is 0 Å². The Balaban J connectivity index is 1.52. The molecule has 1 amide bonds. The van der Waals surface area contributed by atoms with Crippen LogP contribution < -0.4 is 16.8 Å². The molecule has 3 heterocycles. The number of piperidine rings is 1. The number of carbonyl (C=O) groups is 1. The van der Waals surface area contributed by atoms with Crippen molar-refractivity contribution in [2.75, 3.05) is 25.0 Å². The number of nitrogens with two attached hydrogens (primary N) is 2. The van der Waals surface area contributed by atoms with E-state index >= 15 is 0 Å². The van der Waals surface area contributed by atoms with Gasteiger partial charge in [0.1, 0.15) is 17.2 Å². The SMILES string of the molecule is NCC1(n2cc(C(N)=O)c(Nc3ccc(F)cc3)n2)CCN(Cc2cc(F)ccn2)CC1. The number of hydrogen-bond donors (Lipinski definition) is 3.